The highest BCUT2D eigenvalue weighted by Gasteiger charge is 2.11. The van der Waals surface area contributed by atoms with Crippen molar-refractivity contribution < 1.29 is 4.39 Å². The molecule has 1 heterocycles. The molecule has 2 aromatic carbocycles. The predicted octanol–water partition coefficient (Wildman–Crippen LogP) is 4.80. The Bertz CT molecular complexity index is 847. The van der Waals surface area contributed by atoms with Gasteiger partial charge in [-0.1, -0.05) is 35.9 Å². The quantitative estimate of drug-likeness (QED) is 0.737. The van der Waals surface area contributed by atoms with Crippen molar-refractivity contribution in [3.05, 3.63) is 69.6 Å². The third-order valence-electron chi connectivity index (χ3n) is 2.86. The Labute approximate surface area is 123 Å². The Hall–Kier alpha value is -1.91. The molecular formula is C15H9ClFNOS. The Morgan fingerprint density at radius 3 is 2.55 bits per heavy atom. The average molecular weight is 306 g/mol. The molecule has 0 fully saturated rings. The average Bonchev–Trinajstić information content (AvgIpc) is 2.47. The van der Waals surface area contributed by atoms with Gasteiger partial charge in [0.15, 0.2) is 0 Å². The number of hydrogen-bond acceptors (Lipinski definition) is 3. The fourth-order valence-electron chi connectivity index (χ4n) is 1.88. The second kappa shape index (κ2) is 5.23. The summed E-state index contributed by atoms with van der Waals surface area (Å²) in [4.78, 5) is 12.2. The van der Waals surface area contributed by atoms with E-state index in [1.165, 1.54) is 17.4 Å². The summed E-state index contributed by atoms with van der Waals surface area (Å²) in [7, 11) is 0. The van der Waals surface area contributed by atoms with Crippen molar-refractivity contribution in [2.24, 2.45) is 0 Å². The van der Waals surface area contributed by atoms with Crippen LogP contribution < -0.4 is 10.7 Å². The van der Waals surface area contributed by atoms with Crippen molar-refractivity contribution in [2.45, 2.75) is 0 Å². The Morgan fingerprint density at radius 2 is 1.75 bits per heavy atom. The molecule has 0 spiro atoms. The van der Waals surface area contributed by atoms with Crippen LogP contribution in [0.2, 0.25) is 5.02 Å². The van der Waals surface area contributed by atoms with Crippen LogP contribution in [0.4, 0.5) is 15.1 Å². The van der Waals surface area contributed by atoms with Crippen molar-refractivity contribution in [2.75, 3.05) is 5.32 Å². The van der Waals surface area contributed by atoms with Crippen LogP contribution >= 0.6 is 22.9 Å². The molecule has 0 saturated carbocycles. The van der Waals surface area contributed by atoms with Gasteiger partial charge >= 0.3 is 0 Å². The summed E-state index contributed by atoms with van der Waals surface area (Å²) >= 11 is 7.41. The first-order valence-corrected chi connectivity index (χ1v) is 7.09. The minimum Gasteiger partial charge on any atom is -0.343 e. The Balaban J connectivity index is 2.15. The molecule has 100 valence electrons. The largest absolute Gasteiger partial charge is 0.343 e. The zero-order chi connectivity index (χ0) is 14.1. The maximum Gasteiger partial charge on any atom is 0.208 e. The SMILES string of the molecule is O=c1c(Cl)c(Nc2ccccc2F)sc2ccccc12. The minimum atomic E-state index is -0.392. The van der Waals surface area contributed by atoms with Crippen LogP contribution in [0.25, 0.3) is 10.1 Å². The molecule has 0 aliphatic rings. The van der Waals surface area contributed by atoms with E-state index in [1.807, 2.05) is 12.1 Å². The molecule has 1 aromatic heterocycles. The van der Waals surface area contributed by atoms with Gasteiger partial charge in [-0.05, 0) is 24.3 Å². The summed E-state index contributed by atoms with van der Waals surface area (Å²) in [5.41, 5.74) is 0.0418. The second-order valence-electron chi connectivity index (χ2n) is 4.18. The number of benzene rings is 2. The molecular weight excluding hydrogens is 297 g/mol. The predicted molar refractivity (Wildman–Crippen MR) is 82.8 cm³/mol. The summed E-state index contributed by atoms with van der Waals surface area (Å²) in [5, 5.41) is 3.98. The third kappa shape index (κ3) is 2.28. The van der Waals surface area contributed by atoms with E-state index in [1.54, 1.807) is 30.3 Å². The van der Waals surface area contributed by atoms with E-state index in [4.69, 9.17) is 11.6 Å². The summed E-state index contributed by atoms with van der Waals surface area (Å²) in [5.74, 6) is -0.392. The van der Waals surface area contributed by atoms with Crippen molar-refractivity contribution >= 4 is 43.7 Å². The van der Waals surface area contributed by atoms with E-state index in [0.29, 0.717) is 16.1 Å². The van der Waals surface area contributed by atoms with Gasteiger partial charge in [0, 0.05) is 10.1 Å². The van der Waals surface area contributed by atoms with E-state index in [2.05, 4.69) is 5.32 Å². The number of fused-ring (bicyclic) bond motifs is 1. The van der Waals surface area contributed by atoms with Crippen molar-refractivity contribution in [3.63, 3.8) is 0 Å². The molecule has 3 rings (SSSR count). The van der Waals surface area contributed by atoms with Gasteiger partial charge in [0.1, 0.15) is 15.8 Å². The van der Waals surface area contributed by atoms with Gasteiger partial charge in [0.05, 0.1) is 5.69 Å². The Morgan fingerprint density at radius 1 is 1.05 bits per heavy atom. The lowest BCUT2D eigenvalue weighted by molar-refractivity contribution is 0.632. The van der Waals surface area contributed by atoms with Gasteiger partial charge in [0.25, 0.3) is 0 Å². The monoisotopic (exact) mass is 305 g/mol. The first kappa shape index (κ1) is 13.1. The smallest absolute Gasteiger partial charge is 0.208 e. The summed E-state index contributed by atoms with van der Waals surface area (Å²) in [6, 6.07) is 13.5. The number of nitrogens with one attached hydrogen (secondary N) is 1. The Kier molecular flexibility index (Phi) is 3.42. The lowest BCUT2D eigenvalue weighted by Crippen LogP contribution is -2.04. The molecule has 20 heavy (non-hydrogen) atoms. The lowest BCUT2D eigenvalue weighted by atomic mass is 10.2. The van der Waals surface area contributed by atoms with Gasteiger partial charge in [-0.25, -0.2) is 4.39 Å². The summed E-state index contributed by atoms with van der Waals surface area (Å²) in [6.07, 6.45) is 0. The topological polar surface area (TPSA) is 29.1 Å². The van der Waals surface area contributed by atoms with Gasteiger partial charge in [-0.2, -0.15) is 0 Å². The molecule has 0 atom stereocenters. The summed E-state index contributed by atoms with van der Waals surface area (Å²) in [6.45, 7) is 0. The van der Waals surface area contributed by atoms with E-state index in [0.717, 1.165) is 4.70 Å². The number of halogens is 2. The lowest BCUT2D eigenvalue weighted by Gasteiger charge is -2.09. The molecule has 0 aliphatic carbocycles. The number of para-hydroxylation sites is 1. The van der Waals surface area contributed by atoms with Crippen LogP contribution in [-0.2, 0) is 0 Å². The van der Waals surface area contributed by atoms with Crippen LogP contribution in [0.3, 0.4) is 0 Å². The minimum absolute atomic E-state index is 0.0805. The van der Waals surface area contributed by atoms with Crippen LogP contribution in [-0.4, -0.2) is 0 Å². The normalized spacial score (nSPS) is 10.7. The highest BCUT2D eigenvalue weighted by atomic mass is 35.5. The van der Waals surface area contributed by atoms with Crippen molar-refractivity contribution in [1.82, 2.24) is 0 Å². The fraction of sp³-hybridized carbons (Fsp3) is 0. The summed E-state index contributed by atoms with van der Waals surface area (Å²) < 4.78 is 14.4. The maximum absolute atomic E-state index is 13.6. The zero-order valence-corrected chi connectivity index (χ0v) is 11.8. The molecule has 0 saturated heterocycles. The van der Waals surface area contributed by atoms with E-state index >= 15 is 0 Å². The van der Waals surface area contributed by atoms with Gasteiger partial charge < -0.3 is 5.32 Å². The molecule has 0 bridgehead atoms. The van der Waals surface area contributed by atoms with Crippen LogP contribution in [0.15, 0.2) is 53.3 Å². The molecule has 0 amide bonds. The standard InChI is InChI=1S/C15H9ClFNOS/c16-13-14(19)9-5-1-4-8-12(9)20-15(13)18-11-7-3-2-6-10(11)17/h1-8,18H. The number of anilines is 2. The third-order valence-corrected chi connectivity index (χ3v) is 4.42. The second-order valence-corrected chi connectivity index (χ2v) is 5.61. The molecule has 5 heteroatoms. The highest BCUT2D eigenvalue weighted by Crippen LogP contribution is 2.32. The highest BCUT2D eigenvalue weighted by molar-refractivity contribution is 7.22. The van der Waals surface area contributed by atoms with Crippen LogP contribution in [0.1, 0.15) is 0 Å². The van der Waals surface area contributed by atoms with Crippen molar-refractivity contribution in [1.29, 1.82) is 0 Å². The van der Waals surface area contributed by atoms with Gasteiger partial charge in [-0.3, -0.25) is 4.79 Å². The zero-order valence-electron chi connectivity index (χ0n) is 10.2. The molecule has 0 aliphatic heterocycles. The molecule has 0 radical (unpaired) electrons. The molecule has 3 aromatic rings. The first-order chi connectivity index (χ1) is 9.66. The molecule has 1 N–H and O–H groups in total. The first-order valence-electron chi connectivity index (χ1n) is 5.90. The van der Waals surface area contributed by atoms with Gasteiger partial charge in [-0.15, -0.1) is 11.3 Å². The van der Waals surface area contributed by atoms with Crippen molar-refractivity contribution in [3.8, 4) is 0 Å². The maximum atomic E-state index is 13.6. The number of rotatable bonds is 2. The fourth-order valence-corrected chi connectivity index (χ4v) is 3.13. The van der Waals surface area contributed by atoms with E-state index in [9.17, 15) is 9.18 Å². The molecule has 2 nitrogen and oxygen atoms in total. The van der Waals surface area contributed by atoms with Gasteiger partial charge in [0.2, 0.25) is 5.43 Å². The van der Waals surface area contributed by atoms with E-state index < -0.39 is 5.82 Å². The van der Waals surface area contributed by atoms with Crippen LogP contribution in [0, 0.1) is 5.82 Å². The van der Waals surface area contributed by atoms with E-state index in [-0.39, 0.29) is 10.5 Å². The molecule has 0 unspecified atom stereocenters. The number of hydrogen-bond donors (Lipinski definition) is 1. The van der Waals surface area contributed by atoms with Crippen LogP contribution in [0.5, 0.6) is 0 Å².